The number of carbonyl (C=O) groups is 1. The van der Waals surface area contributed by atoms with E-state index in [2.05, 4.69) is 10.2 Å². The van der Waals surface area contributed by atoms with Gasteiger partial charge in [0, 0.05) is 23.9 Å². The first-order chi connectivity index (χ1) is 11.7. The van der Waals surface area contributed by atoms with E-state index in [1.165, 1.54) is 4.31 Å². The van der Waals surface area contributed by atoms with E-state index in [-0.39, 0.29) is 36.5 Å². The Labute approximate surface area is 143 Å². The maximum Gasteiger partial charge on any atom is 0.342 e. The predicted octanol–water partition coefficient (Wildman–Crippen LogP) is 1.93. The average molecular weight is 375 g/mol. The minimum absolute atomic E-state index is 0.107. The van der Waals surface area contributed by atoms with E-state index in [1.54, 1.807) is 6.92 Å². The van der Waals surface area contributed by atoms with Gasteiger partial charge in [0.05, 0.1) is 12.8 Å². The van der Waals surface area contributed by atoms with Crippen molar-refractivity contribution in [3.05, 3.63) is 11.8 Å². The molecule has 0 aromatic carbocycles. The molecule has 3 heterocycles. The van der Waals surface area contributed by atoms with Crippen LogP contribution in [0.1, 0.15) is 49.4 Å². The van der Waals surface area contributed by atoms with Gasteiger partial charge in [-0.25, -0.2) is 22.0 Å². The molecule has 4 rings (SSSR count). The summed E-state index contributed by atoms with van der Waals surface area (Å²) in [5.74, 6) is -3.46. The maximum absolute atomic E-state index is 13.8. The van der Waals surface area contributed by atoms with E-state index in [9.17, 15) is 22.0 Å². The zero-order chi connectivity index (χ0) is 18.0. The third-order valence-corrected chi connectivity index (χ3v) is 7.63. The molecule has 0 amide bonds. The first-order valence-corrected chi connectivity index (χ1v) is 9.78. The Balaban J connectivity index is 1.65. The first kappa shape index (κ1) is 16.9. The number of nitrogens with zero attached hydrogens (tertiary/aromatic N) is 2. The molecule has 1 N–H and O–H groups in total. The molecule has 1 saturated carbocycles. The summed E-state index contributed by atoms with van der Waals surface area (Å²) in [7, 11) is -4.04. The van der Waals surface area contributed by atoms with Crippen molar-refractivity contribution >= 4 is 16.0 Å². The molecule has 10 heteroatoms. The molecule has 1 aromatic rings. The number of sulfonamides is 1. The smallest absolute Gasteiger partial charge is 0.342 e. The minimum atomic E-state index is -4.04. The second-order valence-corrected chi connectivity index (χ2v) is 8.90. The number of hydrogen-bond donors (Lipinski definition) is 1. The lowest BCUT2D eigenvalue weighted by Crippen LogP contribution is -2.48. The molecule has 0 radical (unpaired) electrons. The number of esters is 1. The number of nitrogens with one attached hydrogen (secondary N) is 1. The van der Waals surface area contributed by atoms with E-state index < -0.39 is 39.4 Å². The van der Waals surface area contributed by atoms with Gasteiger partial charge in [0.25, 0.3) is 15.9 Å². The minimum Gasteiger partial charge on any atom is -0.462 e. The van der Waals surface area contributed by atoms with Crippen LogP contribution in [0.3, 0.4) is 0 Å². The molecule has 2 atom stereocenters. The van der Waals surface area contributed by atoms with Gasteiger partial charge >= 0.3 is 5.97 Å². The van der Waals surface area contributed by atoms with Crippen LogP contribution in [0.4, 0.5) is 8.78 Å². The number of aromatic amines is 1. The van der Waals surface area contributed by atoms with Crippen molar-refractivity contribution in [1.82, 2.24) is 14.5 Å². The Kier molecular flexibility index (Phi) is 3.53. The number of hydrogen-bond acceptors (Lipinski definition) is 5. The predicted molar refractivity (Wildman–Crippen MR) is 81.6 cm³/mol. The van der Waals surface area contributed by atoms with E-state index in [0.29, 0.717) is 12.8 Å². The van der Waals surface area contributed by atoms with Crippen molar-refractivity contribution in [1.29, 1.82) is 0 Å². The van der Waals surface area contributed by atoms with Crippen LogP contribution in [0.5, 0.6) is 0 Å². The summed E-state index contributed by atoms with van der Waals surface area (Å²) in [6.45, 7) is 1.72. The van der Waals surface area contributed by atoms with Gasteiger partial charge in [-0.2, -0.15) is 9.40 Å². The number of aromatic nitrogens is 2. The molecular formula is C15H19F2N3O4S. The summed E-state index contributed by atoms with van der Waals surface area (Å²) in [4.78, 5) is 12.0. The van der Waals surface area contributed by atoms with E-state index in [4.69, 9.17) is 4.74 Å². The highest BCUT2D eigenvalue weighted by Crippen LogP contribution is 2.69. The Morgan fingerprint density at radius 1 is 1.40 bits per heavy atom. The Bertz CT molecular complexity index is 808. The van der Waals surface area contributed by atoms with Gasteiger partial charge in [-0.1, -0.05) is 0 Å². The second-order valence-electron chi connectivity index (χ2n) is 7.12. The van der Waals surface area contributed by atoms with Crippen LogP contribution in [-0.4, -0.2) is 53.5 Å². The van der Waals surface area contributed by atoms with Crippen molar-refractivity contribution < 1.29 is 26.7 Å². The molecule has 1 spiro atoms. The molecule has 3 fully saturated rings. The second kappa shape index (κ2) is 5.23. The number of H-pyrrole nitrogens is 1. The number of rotatable bonds is 4. The summed E-state index contributed by atoms with van der Waals surface area (Å²) in [6, 6.07) is -0.925. The lowest BCUT2D eigenvalue weighted by atomic mass is 9.88. The highest BCUT2D eigenvalue weighted by molar-refractivity contribution is 7.89. The van der Waals surface area contributed by atoms with Crippen molar-refractivity contribution in [2.24, 2.45) is 5.41 Å². The van der Waals surface area contributed by atoms with Crippen LogP contribution in [0.2, 0.25) is 0 Å². The van der Waals surface area contributed by atoms with Crippen LogP contribution in [0, 0.1) is 5.41 Å². The molecule has 3 aliphatic rings. The summed E-state index contributed by atoms with van der Waals surface area (Å²) in [6.07, 6.45) is 2.42. The molecule has 2 saturated heterocycles. The molecule has 7 nitrogen and oxygen atoms in total. The lowest BCUT2D eigenvalue weighted by Gasteiger charge is -2.38. The molecule has 25 heavy (non-hydrogen) atoms. The number of ether oxygens (including phenoxy) is 1. The molecule has 1 aromatic heterocycles. The lowest BCUT2D eigenvalue weighted by molar-refractivity contribution is 0.0267. The van der Waals surface area contributed by atoms with Crippen molar-refractivity contribution in [3.8, 4) is 0 Å². The maximum atomic E-state index is 13.8. The Morgan fingerprint density at radius 2 is 2.00 bits per heavy atom. The first-order valence-electron chi connectivity index (χ1n) is 8.34. The van der Waals surface area contributed by atoms with Crippen LogP contribution in [0.25, 0.3) is 0 Å². The third-order valence-electron chi connectivity index (χ3n) is 5.65. The molecule has 138 valence electrons. The number of piperidine rings is 1. The molecule has 2 bridgehead atoms. The van der Waals surface area contributed by atoms with E-state index in [1.807, 2.05) is 0 Å². The fourth-order valence-corrected chi connectivity index (χ4v) is 6.39. The fraction of sp³-hybridized carbons (Fsp3) is 0.733. The largest absolute Gasteiger partial charge is 0.462 e. The number of carbonyl (C=O) groups excluding carboxylic acids is 1. The zero-order valence-electron chi connectivity index (χ0n) is 13.7. The number of fused-ring (bicyclic) bond motifs is 2. The van der Waals surface area contributed by atoms with E-state index in [0.717, 1.165) is 6.20 Å². The normalized spacial score (nSPS) is 33.6. The van der Waals surface area contributed by atoms with Crippen molar-refractivity contribution in [2.75, 3.05) is 6.61 Å². The molecule has 2 unspecified atom stereocenters. The molecule has 1 aliphatic carbocycles. The monoisotopic (exact) mass is 375 g/mol. The standard InChI is InChI=1S/C15H19F2N3O4S/c1-2-24-13(21)11-7-18-19-12(11)25(22,23)20-9-3-4-10(20)6-14(5-9)8-15(14,16)17/h7,9-10H,2-6,8H2,1H3,(H,18,19). The van der Waals surface area contributed by atoms with E-state index >= 15 is 0 Å². The topological polar surface area (TPSA) is 92.4 Å². The summed E-state index contributed by atoms with van der Waals surface area (Å²) >= 11 is 0. The van der Waals surface area contributed by atoms with Crippen LogP contribution in [-0.2, 0) is 14.8 Å². The van der Waals surface area contributed by atoms with Gasteiger partial charge in [-0.05, 0) is 32.6 Å². The number of halogens is 2. The third kappa shape index (κ3) is 2.33. The zero-order valence-corrected chi connectivity index (χ0v) is 14.5. The summed E-state index contributed by atoms with van der Waals surface area (Å²) in [5.41, 5.74) is -1.19. The van der Waals surface area contributed by atoms with Gasteiger partial charge in [-0.15, -0.1) is 0 Å². The quantitative estimate of drug-likeness (QED) is 0.812. The molecule has 2 aliphatic heterocycles. The molecular weight excluding hydrogens is 356 g/mol. The Hall–Kier alpha value is -1.55. The van der Waals surface area contributed by atoms with Gasteiger partial charge < -0.3 is 4.74 Å². The van der Waals surface area contributed by atoms with Gasteiger partial charge in [0.15, 0.2) is 5.03 Å². The highest BCUT2D eigenvalue weighted by atomic mass is 32.2. The van der Waals surface area contributed by atoms with Crippen molar-refractivity contribution in [3.63, 3.8) is 0 Å². The van der Waals surface area contributed by atoms with Crippen LogP contribution in [0.15, 0.2) is 11.2 Å². The van der Waals surface area contributed by atoms with Crippen LogP contribution >= 0.6 is 0 Å². The Morgan fingerprint density at radius 3 is 2.52 bits per heavy atom. The van der Waals surface area contributed by atoms with Crippen molar-refractivity contribution in [2.45, 2.75) is 62.1 Å². The van der Waals surface area contributed by atoms with Gasteiger partial charge in [0.1, 0.15) is 5.56 Å². The van der Waals surface area contributed by atoms with Crippen LogP contribution < -0.4 is 0 Å². The van der Waals surface area contributed by atoms with Gasteiger partial charge in [-0.3, -0.25) is 5.10 Å². The summed E-state index contributed by atoms with van der Waals surface area (Å²) < 4.78 is 59.9. The SMILES string of the molecule is CCOC(=O)c1cn[nH]c1S(=O)(=O)N1C2CCC1CC1(C2)CC1(F)F. The fourth-order valence-electron chi connectivity index (χ4n) is 4.45. The summed E-state index contributed by atoms with van der Waals surface area (Å²) in [5, 5.41) is 5.73. The highest BCUT2D eigenvalue weighted by Gasteiger charge is 2.74. The average Bonchev–Trinajstić information content (AvgIpc) is 2.91. The number of alkyl halides is 2. The van der Waals surface area contributed by atoms with Gasteiger partial charge in [0.2, 0.25) is 0 Å².